The second-order valence-electron chi connectivity index (χ2n) is 3.66. The molecule has 1 aromatic heterocycles. The van der Waals surface area contributed by atoms with Gasteiger partial charge in [0.05, 0.1) is 17.6 Å². The average Bonchev–Trinajstić information content (AvgIpc) is 2.82. The van der Waals surface area contributed by atoms with Crippen LogP contribution in [0.4, 0.5) is 0 Å². The maximum absolute atomic E-state index is 9.91. The van der Waals surface area contributed by atoms with Gasteiger partial charge in [-0.3, -0.25) is 0 Å². The van der Waals surface area contributed by atoms with Crippen LogP contribution in [0.25, 0.3) is 0 Å². The van der Waals surface area contributed by atoms with Gasteiger partial charge in [0.2, 0.25) is 0 Å². The highest BCUT2D eigenvalue weighted by Crippen LogP contribution is 2.54. The van der Waals surface area contributed by atoms with Gasteiger partial charge in [0.1, 0.15) is 0 Å². The number of rotatable bonds is 2. The van der Waals surface area contributed by atoms with E-state index >= 15 is 0 Å². The van der Waals surface area contributed by atoms with Crippen LogP contribution in [-0.4, -0.2) is 5.11 Å². The molecule has 1 atom stereocenters. The Morgan fingerprint density at radius 1 is 1.69 bits per heavy atom. The number of nitriles is 1. The lowest BCUT2D eigenvalue weighted by molar-refractivity contribution is 0.123. The molecule has 1 saturated carbocycles. The standard InChI is InChI=1S/C10H11NOS/c1-7-4-8(5-13-7)9(12)10(6-11)2-3-10/h4-5,9,12H,2-3H2,1H3. The highest BCUT2D eigenvalue weighted by molar-refractivity contribution is 7.10. The number of aliphatic hydroxyl groups is 1. The summed E-state index contributed by atoms with van der Waals surface area (Å²) in [6, 6.07) is 4.18. The average molecular weight is 193 g/mol. The van der Waals surface area contributed by atoms with Crippen LogP contribution in [0.3, 0.4) is 0 Å². The molecule has 0 bridgehead atoms. The van der Waals surface area contributed by atoms with Crippen LogP contribution in [0.5, 0.6) is 0 Å². The number of hydrogen-bond acceptors (Lipinski definition) is 3. The number of hydrogen-bond donors (Lipinski definition) is 1. The van der Waals surface area contributed by atoms with Gasteiger partial charge >= 0.3 is 0 Å². The maximum atomic E-state index is 9.91. The second kappa shape index (κ2) is 2.83. The van der Waals surface area contributed by atoms with E-state index in [1.165, 1.54) is 4.88 Å². The zero-order chi connectivity index (χ0) is 9.47. The van der Waals surface area contributed by atoms with E-state index in [0.717, 1.165) is 18.4 Å². The van der Waals surface area contributed by atoms with Crippen molar-refractivity contribution in [3.8, 4) is 6.07 Å². The van der Waals surface area contributed by atoms with Crippen molar-refractivity contribution in [1.82, 2.24) is 0 Å². The van der Waals surface area contributed by atoms with Crippen molar-refractivity contribution in [3.05, 3.63) is 21.9 Å². The molecule has 0 aromatic carbocycles. The van der Waals surface area contributed by atoms with Gasteiger partial charge in [0, 0.05) is 4.88 Å². The Morgan fingerprint density at radius 2 is 2.38 bits per heavy atom. The molecule has 0 spiro atoms. The van der Waals surface area contributed by atoms with Gasteiger partial charge in [0.25, 0.3) is 0 Å². The Bertz CT molecular complexity index is 359. The number of nitrogens with zero attached hydrogens (tertiary/aromatic N) is 1. The van der Waals surface area contributed by atoms with Crippen LogP contribution >= 0.6 is 11.3 Å². The van der Waals surface area contributed by atoms with Crippen molar-refractivity contribution < 1.29 is 5.11 Å². The van der Waals surface area contributed by atoms with Gasteiger partial charge in [0.15, 0.2) is 0 Å². The molecule has 3 heteroatoms. The predicted molar refractivity (Wildman–Crippen MR) is 51.3 cm³/mol. The molecule has 1 unspecified atom stereocenters. The monoisotopic (exact) mass is 193 g/mol. The van der Waals surface area contributed by atoms with E-state index in [-0.39, 0.29) is 0 Å². The molecule has 2 rings (SSSR count). The van der Waals surface area contributed by atoms with Crippen LogP contribution in [0.15, 0.2) is 11.4 Å². The molecule has 1 aliphatic carbocycles. The van der Waals surface area contributed by atoms with Crippen LogP contribution in [0, 0.1) is 23.7 Å². The fourth-order valence-corrected chi connectivity index (χ4v) is 2.23. The van der Waals surface area contributed by atoms with Crippen molar-refractivity contribution in [2.75, 3.05) is 0 Å². The molecule has 0 radical (unpaired) electrons. The summed E-state index contributed by atoms with van der Waals surface area (Å²) in [5.41, 5.74) is 0.439. The minimum absolute atomic E-state index is 0.465. The Hall–Kier alpha value is -0.850. The first-order valence-electron chi connectivity index (χ1n) is 4.32. The predicted octanol–water partition coefficient (Wildman–Crippen LogP) is 2.39. The highest BCUT2D eigenvalue weighted by atomic mass is 32.1. The Kier molecular flexibility index (Phi) is 1.90. The van der Waals surface area contributed by atoms with E-state index in [2.05, 4.69) is 6.07 Å². The van der Waals surface area contributed by atoms with Gasteiger partial charge in [-0.1, -0.05) is 0 Å². The van der Waals surface area contributed by atoms with Gasteiger partial charge in [-0.05, 0) is 36.8 Å². The fourth-order valence-electron chi connectivity index (χ4n) is 1.51. The van der Waals surface area contributed by atoms with E-state index in [0.29, 0.717) is 0 Å². The smallest absolute Gasteiger partial charge is 0.0984 e. The first-order chi connectivity index (χ1) is 6.18. The molecular weight excluding hydrogens is 182 g/mol. The molecular formula is C10H11NOS. The summed E-state index contributed by atoms with van der Waals surface area (Å²) in [6.07, 6.45) is 1.08. The van der Waals surface area contributed by atoms with Gasteiger partial charge in [-0.15, -0.1) is 11.3 Å². The van der Waals surface area contributed by atoms with Crippen LogP contribution < -0.4 is 0 Å². The van der Waals surface area contributed by atoms with Crippen LogP contribution in [0.2, 0.25) is 0 Å². The number of aliphatic hydroxyl groups excluding tert-OH is 1. The largest absolute Gasteiger partial charge is 0.387 e. The lowest BCUT2D eigenvalue weighted by atomic mass is 9.96. The highest BCUT2D eigenvalue weighted by Gasteiger charge is 2.50. The Labute approximate surface area is 81.4 Å². The molecule has 2 nitrogen and oxygen atoms in total. The Balaban J connectivity index is 2.23. The fraction of sp³-hybridized carbons (Fsp3) is 0.500. The molecule has 1 fully saturated rings. The van der Waals surface area contributed by atoms with E-state index in [9.17, 15) is 5.11 Å². The van der Waals surface area contributed by atoms with Crippen molar-refractivity contribution in [1.29, 1.82) is 5.26 Å². The second-order valence-corrected chi connectivity index (χ2v) is 4.78. The molecule has 0 saturated heterocycles. The minimum Gasteiger partial charge on any atom is -0.387 e. The molecule has 68 valence electrons. The first-order valence-corrected chi connectivity index (χ1v) is 5.20. The molecule has 0 amide bonds. The summed E-state index contributed by atoms with van der Waals surface area (Å²) in [5, 5.41) is 20.7. The van der Waals surface area contributed by atoms with E-state index in [1.54, 1.807) is 11.3 Å². The van der Waals surface area contributed by atoms with Gasteiger partial charge in [-0.2, -0.15) is 5.26 Å². The van der Waals surface area contributed by atoms with Crippen molar-refractivity contribution in [2.24, 2.45) is 5.41 Å². The molecule has 1 heterocycles. The summed E-state index contributed by atoms with van der Waals surface area (Å²) in [5.74, 6) is 0. The lowest BCUT2D eigenvalue weighted by Gasteiger charge is -2.12. The van der Waals surface area contributed by atoms with Crippen molar-refractivity contribution in [3.63, 3.8) is 0 Å². The Morgan fingerprint density at radius 3 is 2.77 bits per heavy atom. The SMILES string of the molecule is Cc1cc(C(O)C2(C#N)CC2)cs1. The third-order valence-electron chi connectivity index (χ3n) is 2.60. The van der Waals surface area contributed by atoms with E-state index in [1.807, 2.05) is 18.4 Å². The lowest BCUT2D eigenvalue weighted by Crippen LogP contribution is -2.10. The molecule has 1 N–H and O–H groups in total. The maximum Gasteiger partial charge on any atom is 0.0984 e. The molecule has 0 aliphatic heterocycles. The minimum atomic E-state index is -0.581. The quantitative estimate of drug-likeness (QED) is 0.783. The van der Waals surface area contributed by atoms with E-state index < -0.39 is 11.5 Å². The first kappa shape index (κ1) is 8.74. The van der Waals surface area contributed by atoms with Gasteiger partial charge < -0.3 is 5.11 Å². The third kappa shape index (κ3) is 1.37. The third-order valence-corrected chi connectivity index (χ3v) is 3.48. The molecule has 1 aromatic rings. The molecule has 1 aliphatic rings. The zero-order valence-electron chi connectivity index (χ0n) is 7.45. The zero-order valence-corrected chi connectivity index (χ0v) is 8.27. The summed E-state index contributed by atoms with van der Waals surface area (Å²) in [7, 11) is 0. The van der Waals surface area contributed by atoms with E-state index in [4.69, 9.17) is 5.26 Å². The van der Waals surface area contributed by atoms with Gasteiger partial charge in [-0.25, -0.2) is 0 Å². The number of aryl methyl sites for hydroxylation is 1. The van der Waals surface area contributed by atoms with Crippen LogP contribution in [0.1, 0.15) is 29.4 Å². The summed E-state index contributed by atoms with van der Waals surface area (Å²) in [6.45, 7) is 2.01. The van der Waals surface area contributed by atoms with Crippen molar-refractivity contribution in [2.45, 2.75) is 25.9 Å². The number of thiophene rings is 1. The molecule has 13 heavy (non-hydrogen) atoms. The summed E-state index contributed by atoms with van der Waals surface area (Å²) < 4.78 is 0. The normalized spacial score (nSPS) is 20.7. The summed E-state index contributed by atoms with van der Waals surface area (Å²) >= 11 is 1.62. The topological polar surface area (TPSA) is 44.0 Å². The van der Waals surface area contributed by atoms with Crippen LogP contribution in [-0.2, 0) is 0 Å². The summed E-state index contributed by atoms with van der Waals surface area (Å²) in [4.78, 5) is 1.18. The van der Waals surface area contributed by atoms with Crippen molar-refractivity contribution >= 4 is 11.3 Å².